The number of amides is 2. The fourth-order valence-electron chi connectivity index (χ4n) is 3.39. The Hall–Kier alpha value is -2.77. The summed E-state index contributed by atoms with van der Waals surface area (Å²) in [7, 11) is 3.27. The van der Waals surface area contributed by atoms with Crippen LogP contribution in [0.4, 0.5) is 10.5 Å². The molecule has 0 atom stereocenters. The minimum absolute atomic E-state index is 0.113. The van der Waals surface area contributed by atoms with Crippen LogP contribution in [-0.2, 0) is 11.3 Å². The van der Waals surface area contributed by atoms with E-state index in [0.29, 0.717) is 13.1 Å². The summed E-state index contributed by atoms with van der Waals surface area (Å²) in [4.78, 5) is 17.2. The molecule has 2 aromatic rings. The Kier molecular flexibility index (Phi) is 8.35. The maximum atomic E-state index is 13.0. The molecule has 7 nitrogen and oxygen atoms in total. The molecule has 1 N–H and O–H groups in total. The van der Waals surface area contributed by atoms with Crippen LogP contribution in [0.15, 0.2) is 48.5 Å². The van der Waals surface area contributed by atoms with Crippen molar-refractivity contribution in [3.05, 3.63) is 54.1 Å². The number of anilines is 1. The van der Waals surface area contributed by atoms with Crippen LogP contribution in [0, 0.1) is 0 Å². The number of ether oxygens (including phenoxy) is 3. The number of rotatable bonds is 9. The SMILES string of the molecule is COc1ccc(CN(CCCN2CCOCC2)C(=O)Nc2ccc(OC)cc2)cc1. The first kappa shape index (κ1) is 21.9. The maximum Gasteiger partial charge on any atom is 0.322 e. The molecule has 1 aliphatic heterocycles. The molecule has 0 aliphatic carbocycles. The molecule has 0 unspecified atom stereocenters. The first-order valence-electron chi connectivity index (χ1n) is 10.3. The van der Waals surface area contributed by atoms with Crippen molar-refractivity contribution in [3.8, 4) is 11.5 Å². The van der Waals surface area contributed by atoms with E-state index in [1.54, 1.807) is 14.2 Å². The Labute approximate surface area is 178 Å². The highest BCUT2D eigenvalue weighted by Gasteiger charge is 2.16. The van der Waals surface area contributed by atoms with Gasteiger partial charge in [-0.15, -0.1) is 0 Å². The van der Waals surface area contributed by atoms with Gasteiger partial charge >= 0.3 is 6.03 Å². The third-order valence-corrected chi connectivity index (χ3v) is 5.17. The highest BCUT2D eigenvalue weighted by atomic mass is 16.5. The monoisotopic (exact) mass is 413 g/mol. The lowest BCUT2D eigenvalue weighted by Crippen LogP contribution is -2.40. The zero-order chi connectivity index (χ0) is 21.2. The lowest BCUT2D eigenvalue weighted by atomic mass is 10.2. The molecule has 1 aliphatic rings. The Balaban J connectivity index is 1.62. The van der Waals surface area contributed by atoms with Gasteiger partial charge in [-0.25, -0.2) is 4.79 Å². The number of nitrogens with one attached hydrogen (secondary N) is 1. The molecule has 1 fully saturated rings. The van der Waals surface area contributed by atoms with Gasteiger partial charge in [0.15, 0.2) is 0 Å². The van der Waals surface area contributed by atoms with E-state index in [4.69, 9.17) is 14.2 Å². The van der Waals surface area contributed by atoms with Gasteiger partial charge in [-0.05, 0) is 48.4 Å². The minimum Gasteiger partial charge on any atom is -0.497 e. The second-order valence-electron chi connectivity index (χ2n) is 7.24. The number of carbonyl (C=O) groups is 1. The van der Waals surface area contributed by atoms with Crippen LogP contribution in [0.25, 0.3) is 0 Å². The van der Waals surface area contributed by atoms with Gasteiger partial charge in [0, 0.05) is 38.4 Å². The van der Waals surface area contributed by atoms with Crippen molar-refractivity contribution >= 4 is 11.7 Å². The van der Waals surface area contributed by atoms with Crippen LogP contribution in [-0.4, -0.2) is 69.4 Å². The Bertz CT molecular complexity index is 774. The van der Waals surface area contributed by atoms with Gasteiger partial charge in [0.2, 0.25) is 0 Å². The smallest absolute Gasteiger partial charge is 0.322 e. The fraction of sp³-hybridized carbons (Fsp3) is 0.435. The molecule has 162 valence electrons. The largest absolute Gasteiger partial charge is 0.497 e. The Morgan fingerprint density at radius 1 is 1.00 bits per heavy atom. The van der Waals surface area contributed by atoms with E-state index >= 15 is 0 Å². The fourth-order valence-corrected chi connectivity index (χ4v) is 3.39. The van der Waals surface area contributed by atoms with Gasteiger partial charge < -0.3 is 24.4 Å². The molecule has 30 heavy (non-hydrogen) atoms. The first-order valence-corrected chi connectivity index (χ1v) is 10.3. The first-order chi connectivity index (χ1) is 14.7. The maximum absolute atomic E-state index is 13.0. The molecule has 0 aromatic heterocycles. The molecule has 7 heteroatoms. The third kappa shape index (κ3) is 6.64. The molecular formula is C23H31N3O4. The summed E-state index contributed by atoms with van der Waals surface area (Å²) in [5, 5.41) is 3.00. The summed E-state index contributed by atoms with van der Waals surface area (Å²) in [5.41, 5.74) is 1.81. The standard InChI is InChI=1S/C23H31N3O4/c1-28-21-8-4-19(5-9-21)18-26(13-3-12-25-14-16-30-17-15-25)23(27)24-20-6-10-22(29-2)11-7-20/h4-11H,3,12-18H2,1-2H3,(H,24,27). The van der Waals surface area contributed by atoms with Crippen molar-refractivity contribution in [2.75, 3.05) is 58.9 Å². The number of benzene rings is 2. The summed E-state index contributed by atoms with van der Waals surface area (Å²) < 4.78 is 15.8. The molecule has 2 aromatic carbocycles. The number of methoxy groups -OCH3 is 2. The van der Waals surface area contributed by atoms with Crippen LogP contribution in [0.1, 0.15) is 12.0 Å². The normalized spacial score (nSPS) is 14.2. The van der Waals surface area contributed by atoms with E-state index in [-0.39, 0.29) is 6.03 Å². The summed E-state index contributed by atoms with van der Waals surface area (Å²) in [6.45, 7) is 5.65. The molecule has 0 radical (unpaired) electrons. The van der Waals surface area contributed by atoms with Crippen molar-refractivity contribution in [1.82, 2.24) is 9.80 Å². The van der Waals surface area contributed by atoms with Crippen molar-refractivity contribution in [2.24, 2.45) is 0 Å². The number of urea groups is 1. The topological polar surface area (TPSA) is 63.3 Å². The van der Waals surface area contributed by atoms with Gasteiger partial charge in [-0.3, -0.25) is 4.90 Å². The van der Waals surface area contributed by atoms with Crippen LogP contribution in [0.5, 0.6) is 11.5 Å². The van der Waals surface area contributed by atoms with Crippen molar-refractivity contribution < 1.29 is 19.0 Å². The zero-order valence-corrected chi connectivity index (χ0v) is 17.8. The van der Waals surface area contributed by atoms with Crippen LogP contribution >= 0.6 is 0 Å². The quantitative estimate of drug-likeness (QED) is 0.682. The highest BCUT2D eigenvalue weighted by molar-refractivity contribution is 5.89. The lowest BCUT2D eigenvalue weighted by Gasteiger charge is -2.28. The van der Waals surface area contributed by atoms with Crippen molar-refractivity contribution in [3.63, 3.8) is 0 Å². The van der Waals surface area contributed by atoms with Crippen molar-refractivity contribution in [2.45, 2.75) is 13.0 Å². The van der Waals surface area contributed by atoms with E-state index < -0.39 is 0 Å². The molecule has 0 spiro atoms. The minimum atomic E-state index is -0.113. The van der Waals surface area contributed by atoms with E-state index in [1.807, 2.05) is 53.4 Å². The molecule has 3 rings (SSSR count). The summed E-state index contributed by atoms with van der Waals surface area (Å²) in [5.74, 6) is 1.56. The van der Waals surface area contributed by atoms with Gasteiger partial charge in [0.25, 0.3) is 0 Å². The number of morpholine rings is 1. The van der Waals surface area contributed by atoms with E-state index in [2.05, 4.69) is 10.2 Å². The van der Waals surface area contributed by atoms with Gasteiger partial charge in [-0.1, -0.05) is 12.1 Å². The van der Waals surface area contributed by atoms with Crippen LogP contribution in [0.3, 0.4) is 0 Å². The van der Waals surface area contributed by atoms with E-state index in [9.17, 15) is 4.79 Å². The number of nitrogens with zero attached hydrogens (tertiary/aromatic N) is 2. The molecule has 0 bridgehead atoms. The Morgan fingerprint density at radius 2 is 1.60 bits per heavy atom. The molecular weight excluding hydrogens is 382 g/mol. The lowest BCUT2D eigenvalue weighted by molar-refractivity contribution is 0.0365. The molecule has 2 amide bonds. The summed E-state index contributed by atoms with van der Waals surface area (Å²) >= 11 is 0. The second kappa shape index (κ2) is 11.4. The summed E-state index contributed by atoms with van der Waals surface area (Å²) in [6, 6.07) is 15.1. The number of hydrogen-bond donors (Lipinski definition) is 1. The number of carbonyl (C=O) groups excluding carboxylic acids is 1. The third-order valence-electron chi connectivity index (χ3n) is 5.17. The highest BCUT2D eigenvalue weighted by Crippen LogP contribution is 2.17. The average Bonchev–Trinajstić information content (AvgIpc) is 2.80. The predicted octanol–water partition coefficient (Wildman–Crippen LogP) is 3.46. The van der Waals surface area contributed by atoms with Crippen LogP contribution in [0.2, 0.25) is 0 Å². The predicted molar refractivity (Wildman–Crippen MR) is 117 cm³/mol. The van der Waals surface area contributed by atoms with Gasteiger partial charge in [0.05, 0.1) is 27.4 Å². The molecule has 1 saturated heterocycles. The second-order valence-corrected chi connectivity index (χ2v) is 7.24. The zero-order valence-electron chi connectivity index (χ0n) is 17.8. The van der Waals surface area contributed by atoms with Gasteiger partial charge in [-0.2, -0.15) is 0 Å². The number of hydrogen-bond acceptors (Lipinski definition) is 5. The van der Waals surface area contributed by atoms with Crippen molar-refractivity contribution in [1.29, 1.82) is 0 Å². The molecule has 1 heterocycles. The Morgan fingerprint density at radius 3 is 2.20 bits per heavy atom. The van der Waals surface area contributed by atoms with Crippen LogP contribution < -0.4 is 14.8 Å². The van der Waals surface area contributed by atoms with Gasteiger partial charge in [0.1, 0.15) is 11.5 Å². The summed E-state index contributed by atoms with van der Waals surface area (Å²) in [6.07, 6.45) is 0.909. The van der Waals surface area contributed by atoms with E-state index in [1.165, 1.54) is 0 Å². The average molecular weight is 414 g/mol. The molecule has 0 saturated carbocycles. The van der Waals surface area contributed by atoms with E-state index in [0.717, 1.165) is 62.0 Å².